The van der Waals surface area contributed by atoms with Gasteiger partial charge in [-0.05, 0) is 49.2 Å². The summed E-state index contributed by atoms with van der Waals surface area (Å²) in [5.41, 5.74) is 2.46. The Hall–Kier alpha value is -1.09. The highest BCUT2D eigenvalue weighted by Crippen LogP contribution is 2.12. The predicted molar refractivity (Wildman–Crippen MR) is 103 cm³/mol. The normalized spacial score (nSPS) is 10.5. The SMILES string of the molecule is CCCCCN(CCCCC)C(=S)Nc1ccc(CC)cc1. The van der Waals surface area contributed by atoms with Gasteiger partial charge in [0.1, 0.15) is 0 Å². The van der Waals surface area contributed by atoms with Crippen LogP contribution in [-0.2, 0) is 6.42 Å². The molecule has 0 aliphatic rings. The van der Waals surface area contributed by atoms with Gasteiger partial charge in [0, 0.05) is 18.8 Å². The van der Waals surface area contributed by atoms with Crippen molar-refractivity contribution in [1.82, 2.24) is 4.90 Å². The molecule has 1 rings (SSSR count). The standard InChI is InChI=1S/C19H32N2S/c1-4-7-9-15-21(16-10-8-5-2)19(22)20-18-13-11-17(6-3)12-14-18/h11-14H,4-10,15-16H2,1-3H3,(H,20,22). The third kappa shape index (κ3) is 7.26. The van der Waals surface area contributed by atoms with Gasteiger partial charge in [0.15, 0.2) is 5.11 Å². The largest absolute Gasteiger partial charge is 0.349 e. The molecule has 0 saturated heterocycles. The summed E-state index contributed by atoms with van der Waals surface area (Å²) in [5.74, 6) is 0. The van der Waals surface area contributed by atoms with Gasteiger partial charge in [-0.1, -0.05) is 58.6 Å². The summed E-state index contributed by atoms with van der Waals surface area (Å²) in [7, 11) is 0. The van der Waals surface area contributed by atoms with Gasteiger partial charge in [-0.15, -0.1) is 0 Å². The van der Waals surface area contributed by atoms with Crippen LogP contribution in [0.3, 0.4) is 0 Å². The van der Waals surface area contributed by atoms with E-state index in [2.05, 4.69) is 55.3 Å². The van der Waals surface area contributed by atoms with E-state index in [4.69, 9.17) is 12.2 Å². The number of aryl methyl sites for hydroxylation is 1. The molecule has 0 heterocycles. The molecule has 0 spiro atoms. The maximum Gasteiger partial charge on any atom is 0.173 e. The fraction of sp³-hybridized carbons (Fsp3) is 0.632. The van der Waals surface area contributed by atoms with E-state index in [0.29, 0.717) is 0 Å². The summed E-state index contributed by atoms with van der Waals surface area (Å²) >= 11 is 5.63. The van der Waals surface area contributed by atoms with Crippen molar-refractivity contribution in [3.63, 3.8) is 0 Å². The number of benzene rings is 1. The van der Waals surface area contributed by atoms with Crippen molar-refractivity contribution in [2.75, 3.05) is 18.4 Å². The molecule has 0 aliphatic carbocycles. The van der Waals surface area contributed by atoms with Crippen molar-refractivity contribution in [3.8, 4) is 0 Å². The van der Waals surface area contributed by atoms with Gasteiger partial charge in [-0.3, -0.25) is 0 Å². The highest BCUT2D eigenvalue weighted by molar-refractivity contribution is 7.80. The lowest BCUT2D eigenvalue weighted by atomic mass is 10.1. The van der Waals surface area contributed by atoms with Crippen molar-refractivity contribution in [2.45, 2.75) is 65.7 Å². The quantitative estimate of drug-likeness (QED) is 0.444. The van der Waals surface area contributed by atoms with Crippen LogP contribution in [0.25, 0.3) is 0 Å². The molecular weight excluding hydrogens is 288 g/mol. The summed E-state index contributed by atoms with van der Waals surface area (Å²) in [6.07, 6.45) is 8.57. The Labute approximate surface area is 142 Å². The van der Waals surface area contributed by atoms with Crippen LogP contribution in [0.4, 0.5) is 5.69 Å². The number of nitrogens with zero attached hydrogens (tertiary/aromatic N) is 1. The predicted octanol–water partition coefficient (Wildman–Crippen LogP) is 5.63. The van der Waals surface area contributed by atoms with Crippen molar-refractivity contribution in [2.24, 2.45) is 0 Å². The van der Waals surface area contributed by atoms with E-state index in [1.807, 2.05) is 0 Å². The van der Waals surface area contributed by atoms with Crippen LogP contribution in [0.15, 0.2) is 24.3 Å². The number of rotatable bonds is 10. The Morgan fingerprint density at radius 3 is 1.91 bits per heavy atom. The Balaban J connectivity index is 2.55. The highest BCUT2D eigenvalue weighted by atomic mass is 32.1. The Morgan fingerprint density at radius 2 is 1.45 bits per heavy atom. The van der Waals surface area contributed by atoms with Crippen LogP contribution in [-0.4, -0.2) is 23.1 Å². The molecule has 0 aromatic heterocycles. The lowest BCUT2D eigenvalue weighted by Crippen LogP contribution is -2.36. The number of unbranched alkanes of at least 4 members (excludes halogenated alkanes) is 4. The van der Waals surface area contributed by atoms with Crippen molar-refractivity contribution >= 4 is 23.0 Å². The Bertz CT molecular complexity index is 404. The Kier molecular flexibility index (Phi) is 9.89. The first-order valence-corrected chi connectivity index (χ1v) is 9.26. The van der Waals surface area contributed by atoms with Crippen molar-refractivity contribution < 1.29 is 0 Å². The van der Waals surface area contributed by atoms with E-state index in [-0.39, 0.29) is 0 Å². The van der Waals surface area contributed by atoms with Gasteiger partial charge in [0.25, 0.3) is 0 Å². The van der Waals surface area contributed by atoms with Crippen molar-refractivity contribution in [3.05, 3.63) is 29.8 Å². The number of nitrogens with one attached hydrogen (secondary N) is 1. The molecule has 0 amide bonds. The van der Waals surface area contributed by atoms with Gasteiger partial charge < -0.3 is 10.2 Å². The molecule has 2 nitrogen and oxygen atoms in total. The van der Waals surface area contributed by atoms with Gasteiger partial charge in [-0.2, -0.15) is 0 Å². The van der Waals surface area contributed by atoms with E-state index >= 15 is 0 Å². The molecule has 0 unspecified atom stereocenters. The van der Waals surface area contributed by atoms with Crippen LogP contribution < -0.4 is 5.32 Å². The number of thiocarbonyl (C=S) groups is 1. The van der Waals surface area contributed by atoms with Crippen LogP contribution in [0.5, 0.6) is 0 Å². The topological polar surface area (TPSA) is 15.3 Å². The molecule has 0 bridgehead atoms. The highest BCUT2D eigenvalue weighted by Gasteiger charge is 2.09. The zero-order chi connectivity index (χ0) is 16.2. The van der Waals surface area contributed by atoms with E-state index in [1.165, 1.54) is 44.1 Å². The van der Waals surface area contributed by atoms with Gasteiger partial charge >= 0.3 is 0 Å². The Morgan fingerprint density at radius 1 is 0.909 bits per heavy atom. The minimum absolute atomic E-state index is 0.872. The number of hydrogen-bond donors (Lipinski definition) is 1. The minimum Gasteiger partial charge on any atom is -0.349 e. The molecule has 0 atom stereocenters. The lowest BCUT2D eigenvalue weighted by Gasteiger charge is -2.26. The van der Waals surface area contributed by atoms with Crippen LogP contribution >= 0.6 is 12.2 Å². The van der Waals surface area contributed by atoms with Gasteiger partial charge in [-0.25, -0.2) is 0 Å². The summed E-state index contributed by atoms with van der Waals surface area (Å²) in [4.78, 5) is 2.34. The average Bonchev–Trinajstić information content (AvgIpc) is 2.54. The molecule has 124 valence electrons. The first-order valence-electron chi connectivity index (χ1n) is 8.86. The fourth-order valence-corrected chi connectivity index (χ4v) is 2.75. The van der Waals surface area contributed by atoms with Crippen LogP contribution in [0.1, 0.15) is 64.9 Å². The second-order valence-corrected chi connectivity index (χ2v) is 6.27. The number of hydrogen-bond acceptors (Lipinski definition) is 1. The maximum absolute atomic E-state index is 5.63. The minimum atomic E-state index is 0.872. The second kappa shape index (κ2) is 11.5. The fourth-order valence-electron chi connectivity index (χ4n) is 2.45. The molecule has 0 radical (unpaired) electrons. The summed E-state index contributed by atoms with van der Waals surface area (Å²) in [6, 6.07) is 8.59. The van der Waals surface area contributed by atoms with Crippen LogP contribution in [0, 0.1) is 0 Å². The average molecular weight is 321 g/mol. The zero-order valence-corrected chi connectivity index (χ0v) is 15.3. The third-order valence-electron chi connectivity index (χ3n) is 3.96. The number of anilines is 1. The molecule has 0 aliphatic heterocycles. The smallest absolute Gasteiger partial charge is 0.173 e. The molecule has 3 heteroatoms. The molecule has 22 heavy (non-hydrogen) atoms. The molecular formula is C19H32N2S. The molecule has 1 aromatic carbocycles. The van der Waals surface area contributed by atoms with E-state index < -0.39 is 0 Å². The summed E-state index contributed by atoms with van der Waals surface area (Å²) in [6.45, 7) is 8.80. The summed E-state index contributed by atoms with van der Waals surface area (Å²) < 4.78 is 0. The van der Waals surface area contributed by atoms with E-state index in [9.17, 15) is 0 Å². The lowest BCUT2D eigenvalue weighted by molar-refractivity contribution is 0.395. The second-order valence-electron chi connectivity index (χ2n) is 5.88. The van der Waals surface area contributed by atoms with E-state index in [0.717, 1.165) is 30.3 Å². The van der Waals surface area contributed by atoms with Crippen LogP contribution in [0.2, 0.25) is 0 Å². The molecule has 0 fully saturated rings. The first-order chi connectivity index (χ1) is 10.7. The monoisotopic (exact) mass is 320 g/mol. The molecule has 1 N–H and O–H groups in total. The zero-order valence-electron chi connectivity index (χ0n) is 14.5. The maximum atomic E-state index is 5.63. The van der Waals surface area contributed by atoms with Crippen molar-refractivity contribution in [1.29, 1.82) is 0 Å². The molecule has 0 saturated carbocycles. The van der Waals surface area contributed by atoms with Gasteiger partial charge in [0.2, 0.25) is 0 Å². The van der Waals surface area contributed by atoms with E-state index in [1.54, 1.807) is 0 Å². The first kappa shape index (κ1) is 19.0. The summed E-state index contributed by atoms with van der Waals surface area (Å²) in [5, 5.41) is 4.28. The molecule has 1 aromatic rings. The third-order valence-corrected chi connectivity index (χ3v) is 4.32. The van der Waals surface area contributed by atoms with Gasteiger partial charge in [0.05, 0.1) is 0 Å².